The molecule has 0 saturated carbocycles. The van der Waals surface area contributed by atoms with E-state index in [4.69, 9.17) is 0 Å². The van der Waals surface area contributed by atoms with E-state index in [0.717, 1.165) is 48.0 Å². The average molecular weight is 391 g/mol. The Hall–Kier alpha value is -3.29. The van der Waals surface area contributed by atoms with E-state index >= 15 is 0 Å². The van der Waals surface area contributed by atoms with Crippen LogP contribution in [0.5, 0.6) is 0 Å². The van der Waals surface area contributed by atoms with Gasteiger partial charge >= 0.3 is 0 Å². The Balaban J connectivity index is 1.50. The van der Waals surface area contributed by atoms with Crippen LogP contribution in [0.15, 0.2) is 36.8 Å². The van der Waals surface area contributed by atoms with Crippen molar-refractivity contribution in [1.82, 2.24) is 24.7 Å². The fourth-order valence-electron chi connectivity index (χ4n) is 3.72. The molecular weight excluding hydrogens is 366 g/mol. The van der Waals surface area contributed by atoms with Crippen molar-refractivity contribution < 1.29 is 4.79 Å². The van der Waals surface area contributed by atoms with Gasteiger partial charge in [-0.2, -0.15) is 5.10 Å². The van der Waals surface area contributed by atoms with Crippen LogP contribution >= 0.6 is 0 Å². The molecule has 1 aliphatic rings. The van der Waals surface area contributed by atoms with E-state index in [1.165, 1.54) is 0 Å². The summed E-state index contributed by atoms with van der Waals surface area (Å²) in [5, 5.41) is 7.48. The lowest BCUT2D eigenvalue weighted by Crippen LogP contribution is -2.41. The number of hydrogen-bond acceptors (Lipinski definition) is 6. The number of nitrogens with one attached hydrogen (secondary N) is 1. The third-order valence-electron chi connectivity index (χ3n) is 5.23. The van der Waals surface area contributed by atoms with Crippen LogP contribution in [0.25, 0.3) is 5.82 Å². The van der Waals surface area contributed by atoms with Gasteiger partial charge < -0.3 is 10.2 Å². The quantitative estimate of drug-likeness (QED) is 0.736. The number of amides is 1. The number of aryl methyl sites for hydroxylation is 3. The topological polar surface area (TPSA) is 88.8 Å². The highest BCUT2D eigenvalue weighted by Crippen LogP contribution is 2.24. The summed E-state index contributed by atoms with van der Waals surface area (Å²) < 4.78 is 1.82. The van der Waals surface area contributed by atoms with Crippen LogP contribution in [-0.4, -0.2) is 43.7 Å². The summed E-state index contributed by atoms with van der Waals surface area (Å²) in [5.74, 6) is 2.07. The Morgan fingerprint density at radius 2 is 1.97 bits per heavy atom. The largest absolute Gasteiger partial charge is 0.356 e. The molecule has 3 aromatic rings. The first-order chi connectivity index (χ1) is 14.0. The van der Waals surface area contributed by atoms with Crippen molar-refractivity contribution in [1.29, 1.82) is 0 Å². The van der Waals surface area contributed by atoms with Crippen LogP contribution in [-0.2, 0) is 4.79 Å². The molecule has 3 aromatic heterocycles. The van der Waals surface area contributed by atoms with Crippen LogP contribution in [0.2, 0.25) is 0 Å². The van der Waals surface area contributed by atoms with Crippen molar-refractivity contribution in [2.75, 3.05) is 23.3 Å². The minimum absolute atomic E-state index is 0.00400. The maximum atomic E-state index is 12.8. The molecule has 0 aromatic carbocycles. The van der Waals surface area contributed by atoms with Crippen LogP contribution in [0, 0.1) is 26.7 Å². The summed E-state index contributed by atoms with van der Waals surface area (Å²) >= 11 is 0. The second kappa shape index (κ2) is 7.98. The first-order valence-corrected chi connectivity index (χ1v) is 9.84. The Morgan fingerprint density at radius 1 is 1.14 bits per heavy atom. The predicted molar refractivity (Wildman–Crippen MR) is 111 cm³/mol. The molecule has 1 aliphatic heterocycles. The SMILES string of the molecule is Cc1cc(C)n(-c2cc(N3CCC[C@H](C(=O)Nc4ncccc4C)C3)ncn2)n1. The molecular formula is C21H25N7O. The van der Waals surface area contributed by atoms with Gasteiger partial charge in [-0.1, -0.05) is 6.07 Å². The highest BCUT2D eigenvalue weighted by Gasteiger charge is 2.27. The summed E-state index contributed by atoms with van der Waals surface area (Å²) in [6, 6.07) is 7.76. The molecule has 0 bridgehead atoms. The molecule has 0 unspecified atom stereocenters. The van der Waals surface area contributed by atoms with E-state index in [2.05, 4.69) is 30.3 Å². The standard InChI is InChI=1S/C21H25N7O/c1-14-6-4-8-22-20(14)25-21(29)17-7-5-9-27(12-17)18-11-19(24-13-23-18)28-16(3)10-15(2)26-28/h4,6,8,10-11,13,17H,5,7,9,12H2,1-3H3,(H,22,25,29)/t17-/m0/s1. The fourth-order valence-corrected chi connectivity index (χ4v) is 3.72. The average Bonchev–Trinajstić information content (AvgIpc) is 3.08. The molecule has 8 nitrogen and oxygen atoms in total. The number of piperidine rings is 1. The Labute approximate surface area is 170 Å². The van der Waals surface area contributed by atoms with Crippen LogP contribution in [0.4, 0.5) is 11.6 Å². The maximum Gasteiger partial charge on any atom is 0.230 e. The smallest absolute Gasteiger partial charge is 0.230 e. The van der Waals surface area contributed by atoms with Crippen LogP contribution in [0.1, 0.15) is 29.8 Å². The van der Waals surface area contributed by atoms with Gasteiger partial charge in [0.15, 0.2) is 5.82 Å². The molecule has 1 N–H and O–H groups in total. The van der Waals surface area contributed by atoms with Crippen molar-refractivity contribution in [3.63, 3.8) is 0 Å². The molecule has 1 amide bonds. The lowest BCUT2D eigenvalue weighted by molar-refractivity contribution is -0.120. The lowest BCUT2D eigenvalue weighted by atomic mass is 9.97. The van der Waals surface area contributed by atoms with Gasteiger partial charge in [-0.15, -0.1) is 0 Å². The highest BCUT2D eigenvalue weighted by atomic mass is 16.2. The molecule has 1 saturated heterocycles. The fraction of sp³-hybridized carbons (Fsp3) is 0.381. The molecule has 4 rings (SSSR count). The van der Waals surface area contributed by atoms with Crippen molar-refractivity contribution in [2.24, 2.45) is 5.92 Å². The first-order valence-electron chi connectivity index (χ1n) is 9.84. The summed E-state index contributed by atoms with van der Waals surface area (Å²) in [5.41, 5.74) is 2.93. The molecule has 8 heteroatoms. The van der Waals surface area contributed by atoms with Gasteiger partial charge in [-0.3, -0.25) is 4.79 Å². The minimum Gasteiger partial charge on any atom is -0.356 e. The Kier molecular flexibility index (Phi) is 5.24. The summed E-state index contributed by atoms with van der Waals surface area (Å²) in [4.78, 5) is 28.0. The van der Waals surface area contributed by atoms with Gasteiger partial charge in [0.05, 0.1) is 11.6 Å². The number of hydrogen-bond donors (Lipinski definition) is 1. The van der Waals surface area contributed by atoms with Gasteiger partial charge in [-0.25, -0.2) is 19.6 Å². The second-order valence-corrected chi connectivity index (χ2v) is 7.52. The van der Waals surface area contributed by atoms with Gasteiger partial charge in [0.25, 0.3) is 0 Å². The third kappa shape index (κ3) is 4.11. The number of nitrogens with zero attached hydrogens (tertiary/aromatic N) is 6. The third-order valence-corrected chi connectivity index (χ3v) is 5.23. The zero-order valence-electron chi connectivity index (χ0n) is 17.0. The predicted octanol–water partition coefficient (Wildman–Crippen LogP) is 2.84. The van der Waals surface area contributed by atoms with Crippen molar-refractivity contribution in [3.05, 3.63) is 53.7 Å². The summed E-state index contributed by atoms with van der Waals surface area (Å²) in [6.07, 6.45) is 5.03. The zero-order valence-corrected chi connectivity index (χ0v) is 17.0. The van der Waals surface area contributed by atoms with E-state index in [9.17, 15) is 4.79 Å². The first kappa shape index (κ1) is 19.0. The zero-order chi connectivity index (χ0) is 20.4. The van der Waals surface area contributed by atoms with Crippen LogP contribution in [0.3, 0.4) is 0 Å². The van der Waals surface area contributed by atoms with E-state index in [-0.39, 0.29) is 11.8 Å². The molecule has 1 fully saturated rings. The van der Waals surface area contributed by atoms with Crippen molar-refractivity contribution in [2.45, 2.75) is 33.6 Å². The molecule has 29 heavy (non-hydrogen) atoms. The monoisotopic (exact) mass is 391 g/mol. The minimum atomic E-state index is -0.114. The van der Waals surface area contributed by atoms with E-state index in [1.54, 1.807) is 12.5 Å². The van der Waals surface area contributed by atoms with Gasteiger partial charge in [-0.05, 0) is 51.3 Å². The number of carbonyl (C=O) groups is 1. The molecule has 0 radical (unpaired) electrons. The summed E-state index contributed by atoms with van der Waals surface area (Å²) in [7, 11) is 0. The van der Waals surface area contributed by atoms with Crippen molar-refractivity contribution in [3.8, 4) is 5.82 Å². The van der Waals surface area contributed by atoms with Gasteiger partial charge in [0.2, 0.25) is 5.91 Å². The molecule has 150 valence electrons. The Morgan fingerprint density at radius 3 is 2.72 bits per heavy atom. The maximum absolute atomic E-state index is 12.8. The highest BCUT2D eigenvalue weighted by molar-refractivity contribution is 5.92. The molecule has 0 spiro atoms. The molecule has 4 heterocycles. The number of aromatic nitrogens is 5. The number of pyridine rings is 1. The summed E-state index contributed by atoms with van der Waals surface area (Å²) in [6.45, 7) is 7.38. The lowest BCUT2D eigenvalue weighted by Gasteiger charge is -2.32. The van der Waals surface area contributed by atoms with Gasteiger partial charge in [0, 0.05) is 31.0 Å². The van der Waals surface area contributed by atoms with E-state index < -0.39 is 0 Å². The second-order valence-electron chi connectivity index (χ2n) is 7.52. The number of rotatable bonds is 4. The molecule has 0 aliphatic carbocycles. The number of carbonyl (C=O) groups excluding carboxylic acids is 1. The van der Waals surface area contributed by atoms with Gasteiger partial charge in [0.1, 0.15) is 18.0 Å². The van der Waals surface area contributed by atoms with E-state index in [1.807, 2.05) is 49.7 Å². The van der Waals surface area contributed by atoms with Crippen LogP contribution < -0.4 is 10.2 Å². The number of anilines is 2. The Bertz CT molecular complexity index is 1030. The normalized spacial score (nSPS) is 16.7. The van der Waals surface area contributed by atoms with Crippen molar-refractivity contribution >= 4 is 17.5 Å². The molecule has 1 atom stereocenters. The van der Waals surface area contributed by atoms with E-state index in [0.29, 0.717) is 12.4 Å².